The van der Waals surface area contributed by atoms with Crippen molar-refractivity contribution in [3.05, 3.63) is 47.2 Å². The highest BCUT2D eigenvalue weighted by Crippen LogP contribution is 2.23. The summed E-state index contributed by atoms with van der Waals surface area (Å²) in [5.74, 6) is -0.210. The summed E-state index contributed by atoms with van der Waals surface area (Å²) >= 11 is 1.60. The Hall–Kier alpha value is -2.41. The third-order valence-corrected chi connectivity index (χ3v) is 3.87. The Kier molecular flexibility index (Phi) is 3.34. The van der Waals surface area contributed by atoms with E-state index in [0.29, 0.717) is 5.69 Å². The minimum Gasteiger partial charge on any atom is -0.344 e. The number of rotatable bonds is 4. The summed E-state index contributed by atoms with van der Waals surface area (Å²) in [5.41, 5.74) is 2.15. The molecule has 7 heteroatoms. The molecule has 0 aliphatic rings. The SMILES string of the molecule is CC(NC(=O)c1cc(-c2cccs2)[nH]n1)c1cn[nH]c1. The molecule has 6 nitrogen and oxygen atoms in total. The van der Waals surface area contributed by atoms with Gasteiger partial charge in [-0.15, -0.1) is 11.3 Å². The number of aromatic amines is 2. The molecule has 0 radical (unpaired) electrons. The zero-order chi connectivity index (χ0) is 13.9. The fourth-order valence-corrected chi connectivity index (χ4v) is 2.54. The molecule has 3 N–H and O–H groups in total. The second-order valence-electron chi connectivity index (χ2n) is 4.37. The molecule has 3 aromatic rings. The van der Waals surface area contributed by atoms with Crippen LogP contribution in [0.5, 0.6) is 0 Å². The minimum atomic E-state index is -0.210. The summed E-state index contributed by atoms with van der Waals surface area (Å²) in [6.45, 7) is 1.90. The Morgan fingerprint density at radius 2 is 2.40 bits per heavy atom. The molecular weight excluding hydrogens is 274 g/mol. The van der Waals surface area contributed by atoms with Crippen LogP contribution in [-0.4, -0.2) is 26.3 Å². The van der Waals surface area contributed by atoms with Crippen molar-refractivity contribution in [1.82, 2.24) is 25.7 Å². The first kappa shape index (κ1) is 12.6. The zero-order valence-electron chi connectivity index (χ0n) is 10.8. The molecule has 0 aliphatic carbocycles. The first-order valence-electron chi connectivity index (χ1n) is 6.13. The van der Waals surface area contributed by atoms with Gasteiger partial charge < -0.3 is 5.32 Å². The highest BCUT2D eigenvalue weighted by molar-refractivity contribution is 7.13. The first-order chi connectivity index (χ1) is 9.74. The Morgan fingerprint density at radius 1 is 1.50 bits per heavy atom. The second kappa shape index (κ2) is 5.30. The molecular formula is C13H13N5OS. The van der Waals surface area contributed by atoms with Crippen LogP contribution >= 0.6 is 11.3 Å². The van der Waals surface area contributed by atoms with Crippen LogP contribution < -0.4 is 5.32 Å². The molecule has 1 atom stereocenters. The van der Waals surface area contributed by atoms with Crippen molar-refractivity contribution >= 4 is 17.2 Å². The molecule has 3 aromatic heterocycles. The van der Waals surface area contributed by atoms with Crippen molar-refractivity contribution in [2.24, 2.45) is 0 Å². The van der Waals surface area contributed by atoms with E-state index in [1.54, 1.807) is 29.8 Å². The van der Waals surface area contributed by atoms with Crippen molar-refractivity contribution in [1.29, 1.82) is 0 Å². The maximum absolute atomic E-state index is 12.1. The highest BCUT2D eigenvalue weighted by atomic mass is 32.1. The van der Waals surface area contributed by atoms with Gasteiger partial charge in [-0.1, -0.05) is 6.07 Å². The number of nitrogens with zero attached hydrogens (tertiary/aromatic N) is 2. The molecule has 0 bridgehead atoms. The molecule has 1 unspecified atom stereocenters. The van der Waals surface area contributed by atoms with Gasteiger partial charge in [-0.05, 0) is 24.4 Å². The lowest BCUT2D eigenvalue weighted by atomic mass is 10.2. The van der Waals surface area contributed by atoms with Crippen LogP contribution in [0.3, 0.4) is 0 Å². The molecule has 3 heterocycles. The highest BCUT2D eigenvalue weighted by Gasteiger charge is 2.15. The summed E-state index contributed by atoms with van der Waals surface area (Å²) in [6, 6.07) is 5.57. The topological polar surface area (TPSA) is 86.5 Å². The van der Waals surface area contributed by atoms with Crippen molar-refractivity contribution in [2.45, 2.75) is 13.0 Å². The van der Waals surface area contributed by atoms with E-state index in [4.69, 9.17) is 0 Å². The maximum atomic E-state index is 12.1. The van der Waals surface area contributed by atoms with Crippen LogP contribution in [0.4, 0.5) is 0 Å². The Balaban J connectivity index is 1.72. The quantitative estimate of drug-likeness (QED) is 0.688. The number of H-pyrrole nitrogens is 2. The van der Waals surface area contributed by atoms with Gasteiger partial charge in [0.05, 0.1) is 22.8 Å². The van der Waals surface area contributed by atoms with Gasteiger partial charge in [-0.2, -0.15) is 10.2 Å². The molecule has 102 valence electrons. The van der Waals surface area contributed by atoms with Gasteiger partial charge in [-0.3, -0.25) is 15.0 Å². The van der Waals surface area contributed by atoms with E-state index in [1.165, 1.54) is 0 Å². The Labute approximate surface area is 119 Å². The zero-order valence-corrected chi connectivity index (χ0v) is 11.6. The Bertz CT molecular complexity index is 686. The van der Waals surface area contributed by atoms with Crippen molar-refractivity contribution < 1.29 is 4.79 Å². The molecule has 0 saturated heterocycles. The number of aromatic nitrogens is 4. The smallest absolute Gasteiger partial charge is 0.272 e. The largest absolute Gasteiger partial charge is 0.344 e. The number of hydrogen-bond donors (Lipinski definition) is 3. The van der Waals surface area contributed by atoms with E-state index >= 15 is 0 Å². The van der Waals surface area contributed by atoms with Crippen LogP contribution in [0.1, 0.15) is 29.0 Å². The summed E-state index contributed by atoms with van der Waals surface area (Å²) in [7, 11) is 0. The van der Waals surface area contributed by atoms with E-state index in [9.17, 15) is 4.79 Å². The molecule has 0 saturated carbocycles. The number of amides is 1. The van der Waals surface area contributed by atoms with Crippen LogP contribution in [0.15, 0.2) is 36.0 Å². The molecule has 3 rings (SSSR count). The summed E-state index contributed by atoms with van der Waals surface area (Å²) in [4.78, 5) is 13.2. The van der Waals surface area contributed by atoms with Gasteiger partial charge in [0, 0.05) is 11.8 Å². The summed E-state index contributed by atoms with van der Waals surface area (Å²) < 4.78 is 0. The average Bonchev–Trinajstić information content (AvgIpc) is 3.19. The Morgan fingerprint density at radius 3 is 3.10 bits per heavy atom. The third kappa shape index (κ3) is 2.48. The van der Waals surface area contributed by atoms with Gasteiger partial charge in [0.25, 0.3) is 5.91 Å². The van der Waals surface area contributed by atoms with Crippen LogP contribution in [-0.2, 0) is 0 Å². The van der Waals surface area contributed by atoms with E-state index in [-0.39, 0.29) is 11.9 Å². The molecule has 20 heavy (non-hydrogen) atoms. The molecule has 0 aliphatic heterocycles. The molecule has 0 aromatic carbocycles. The van der Waals surface area contributed by atoms with Gasteiger partial charge in [-0.25, -0.2) is 0 Å². The molecule has 0 fully saturated rings. The van der Waals surface area contributed by atoms with Crippen LogP contribution in [0, 0.1) is 0 Å². The predicted molar refractivity (Wildman–Crippen MR) is 76.4 cm³/mol. The van der Waals surface area contributed by atoms with Crippen molar-refractivity contribution in [2.75, 3.05) is 0 Å². The van der Waals surface area contributed by atoms with Gasteiger partial charge in [0.1, 0.15) is 0 Å². The number of thiophene rings is 1. The van der Waals surface area contributed by atoms with Gasteiger partial charge >= 0.3 is 0 Å². The summed E-state index contributed by atoms with van der Waals surface area (Å²) in [6.07, 6.45) is 3.44. The van der Waals surface area contributed by atoms with Gasteiger partial charge in [0.15, 0.2) is 5.69 Å². The van der Waals surface area contributed by atoms with Gasteiger partial charge in [0.2, 0.25) is 0 Å². The second-order valence-corrected chi connectivity index (χ2v) is 5.32. The van der Waals surface area contributed by atoms with Crippen LogP contribution in [0.2, 0.25) is 0 Å². The fraction of sp³-hybridized carbons (Fsp3) is 0.154. The van der Waals surface area contributed by atoms with Crippen molar-refractivity contribution in [3.8, 4) is 10.6 Å². The maximum Gasteiger partial charge on any atom is 0.272 e. The lowest BCUT2D eigenvalue weighted by Crippen LogP contribution is -2.26. The van der Waals surface area contributed by atoms with Crippen molar-refractivity contribution in [3.63, 3.8) is 0 Å². The normalized spacial score (nSPS) is 12.2. The number of carbonyl (C=O) groups excluding carboxylic acids is 1. The predicted octanol–water partition coefficient (Wildman–Crippen LogP) is 2.35. The fourth-order valence-electron chi connectivity index (χ4n) is 1.85. The average molecular weight is 287 g/mol. The number of hydrogen-bond acceptors (Lipinski definition) is 4. The monoisotopic (exact) mass is 287 g/mol. The lowest BCUT2D eigenvalue weighted by molar-refractivity contribution is 0.0935. The minimum absolute atomic E-state index is 0.122. The van der Waals surface area contributed by atoms with E-state index in [2.05, 4.69) is 25.7 Å². The molecule has 1 amide bonds. The van der Waals surface area contributed by atoms with E-state index in [1.807, 2.05) is 24.4 Å². The van der Waals surface area contributed by atoms with Crippen LogP contribution in [0.25, 0.3) is 10.6 Å². The number of carbonyl (C=O) groups is 1. The first-order valence-corrected chi connectivity index (χ1v) is 7.01. The number of nitrogens with one attached hydrogen (secondary N) is 3. The molecule has 0 spiro atoms. The lowest BCUT2D eigenvalue weighted by Gasteiger charge is -2.10. The summed E-state index contributed by atoms with van der Waals surface area (Å²) in [5, 5.41) is 18.4. The van der Waals surface area contributed by atoms with E-state index < -0.39 is 0 Å². The standard InChI is InChI=1S/C13H13N5OS/c1-8(9-6-14-15-7-9)16-13(19)11-5-10(17-18-11)12-3-2-4-20-12/h2-8H,1H3,(H,14,15)(H,16,19)(H,17,18). The third-order valence-electron chi connectivity index (χ3n) is 2.96. The van der Waals surface area contributed by atoms with E-state index in [0.717, 1.165) is 16.1 Å².